The van der Waals surface area contributed by atoms with Gasteiger partial charge in [-0.3, -0.25) is 4.55 Å². The Hall–Kier alpha value is -1.69. The van der Waals surface area contributed by atoms with E-state index in [1.54, 1.807) is 12.1 Å². The van der Waals surface area contributed by atoms with Crippen molar-refractivity contribution in [2.24, 2.45) is 0 Å². The first-order chi connectivity index (χ1) is 9.97. The Balaban J connectivity index is 0.000000154. The first kappa shape index (κ1) is 15.7. The molecule has 2 aromatic carbocycles. The third kappa shape index (κ3) is 4.67. The number of benzene rings is 2. The first-order valence-electron chi connectivity index (χ1n) is 6.76. The maximum atomic E-state index is 10.5. The Labute approximate surface area is 125 Å². The van der Waals surface area contributed by atoms with Crippen LogP contribution in [0.5, 0.6) is 0 Å². The van der Waals surface area contributed by atoms with Crippen LogP contribution in [-0.2, 0) is 10.1 Å². The molecule has 3 rings (SSSR count). The van der Waals surface area contributed by atoms with Gasteiger partial charge >= 0.3 is 0 Å². The van der Waals surface area contributed by atoms with E-state index in [-0.39, 0.29) is 4.90 Å². The Kier molecular flexibility index (Phi) is 5.12. The molecule has 2 N–H and O–H groups in total. The van der Waals surface area contributed by atoms with Crippen LogP contribution in [0.15, 0.2) is 59.5 Å². The largest absolute Gasteiger partial charge is 0.315 e. The molecule has 21 heavy (non-hydrogen) atoms. The first-order valence-corrected chi connectivity index (χ1v) is 8.20. The van der Waals surface area contributed by atoms with E-state index in [1.165, 1.54) is 17.7 Å². The van der Waals surface area contributed by atoms with E-state index < -0.39 is 10.1 Å². The molecule has 2 aromatic rings. The molecule has 4 nitrogen and oxygen atoms in total. The summed E-state index contributed by atoms with van der Waals surface area (Å²) in [5.74, 6) is 0.779. The summed E-state index contributed by atoms with van der Waals surface area (Å²) in [5, 5.41) is 3.26. The summed E-state index contributed by atoms with van der Waals surface area (Å²) in [6.45, 7) is 4.15. The maximum absolute atomic E-state index is 10.5. The van der Waals surface area contributed by atoms with Gasteiger partial charge in [-0.1, -0.05) is 48.0 Å². The minimum atomic E-state index is -4.02. The van der Waals surface area contributed by atoms with Crippen molar-refractivity contribution >= 4 is 10.1 Å². The van der Waals surface area contributed by atoms with Gasteiger partial charge in [-0.25, -0.2) is 0 Å². The van der Waals surface area contributed by atoms with Crippen LogP contribution >= 0.6 is 0 Å². The van der Waals surface area contributed by atoms with E-state index in [9.17, 15) is 8.42 Å². The van der Waals surface area contributed by atoms with E-state index in [0.29, 0.717) is 0 Å². The average molecular weight is 305 g/mol. The second-order valence-corrected chi connectivity index (χ2v) is 6.48. The molecule has 1 fully saturated rings. The molecule has 0 amide bonds. The molecule has 1 heterocycles. The van der Waals surface area contributed by atoms with E-state index in [1.807, 2.05) is 6.92 Å². The van der Waals surface area contributed by atoms with Crippen molar-refractivity contribution in [2.45, 2.75) is 17.7 Å². The highest BCUT2D eigenvalue weighted by Gasteiger charge is 2.17. The number of aryl methyl sites for hydroxylation is 1. The van der Waals surface area contributed by atoms with Gasteiger partial charge in [-0.05, 0) is 24.6 Å². The third-order valence-corrected chi connectivity index (χ3v) is 4.24. The molecule has 0 radical (unpaired) electrons. The van der Waals surface area contributed by atoms with Crippen molar-refractivity contribution in [3.8, 4) is 0 Å². The Morgan fingerprint density at radius 1 is 1.00 bits per heavy atom. The van der Waals surface area contributed by atoms with Crippen LogP contribution in [0.25, 0.3) is 0 Å². The van der Waals surface area contributed by atoms with Crippen LogP contribution in [0.3, 0.4) is 0 Å². The average Bonchev–Trinajstić information content (AvgIpc) is 2.38. The molecular formula is C16H19NO3S. The lowest BCUT2D eigenvalue weighted by molar-refractivity contribution is 0.448. The van der Waals surface area contributed by atoms with Gasteiger partial charge in [0.15, 0.2) is 0 Å². The number of hydrogen-bond donors (Lipinski definition) is 2. The molecule has 0 aliphatic carbocycles. The van der Waals surface area contributed by atoms with Gasteiger partial charge in [0.2, 0.25) is 0 Å². The monoisotopic (exact) mass is 305 g/mol. The normalized spacial score (nSPS) is 14.8. The van der Waals surface area contributed by atoms with Gasteiger partial charge in [0.05, 0.1) is 4.90 Å². The molecular weight excluding hydrogens is 286 g/mol. The highest BCUT2D eigenvalue weighted by atomic mass is 32.2. The summed E-state index contributed by atoms with van der Waals surface area (Å²) in [6, 6.07) is 16.7. The van der Waals surface area contributed by atoms with Crippen LogP contribution in [-0.4, -0.2) is 26.1 Å². The zero-order valence-electron chi connectivity index (χ0n) is 11.9. The van der Waals surface area contributed by atoms with Crippen LogP contribution in [0.4, 0.5) is 0 Å². The lowest BCUT2D eigenvalue weighted by atomic mass is 9.94. The van der Waals surface area contributed by atoms with Crippen LogP contribution in [0.1, 0.15) is 17.0 Å². The van der Waals surface area contributed by atoms with E-state index in [2.05, 4.69) is 35.6 Å². The third-order valence-electron chi connectivity index (χ3n) is 3.37. The maximum Gasteiger partial charge on any atom is 0.294 e. The summed E-state index contributed by atoms with van der Waals surface area (Å²) >= 11 is 0. The van der Waals surface area contributed by atoms with Gasteiger partial charge in [0.1, 0.15) is 0 Å². The summed E-state index contributed by atoms with van der Waals surface area (Å²) in [5.41, 5.74) is 2.43. The summed E-state index contributed by atoms with van der Waals surface area (Å²) in [4.78, 5) is -0.0666. The second-order valence-electron chi connectivity index (χ2n) is 5.05. The Bertz CT molecular complexity index is 662. The standard InChI is InChI=1S/C9H11N.C7H8O3S/c1-2-4-8(5-3-1)9-6-10-7-9;1-6-2-4-7(5-3-6)11(8,9)10/h1-5,9-10H,6-7H2;2-5H,1H3,(H,8,9,10). The molecule has 0 unspecified atom stereocenters. The molecule has 1 saturated heterocycles. The predicted octanol–water partition coefficient (Wildman–Crippen LogP) is 2.62. The van der Waals surface area contributed by atoms with E-state index in [0.717, 1.165) is 24.6 Å². The van der Waals surface area contributed by atoms with Gasteiger partial charge in [-0.15, -0.1) is 0 Å². The highest BCUT2D eigenvalue weighted by Crippen LogP contribution is 2.18. The molecule has 0 aromatic heterocycles. The topological polar surface area (TPSA) is 66.4 Å². The van der Waals surface area contributed by atoms with Gasteiger partial charge in [-0.2, -0.15) is 8.42 Å². The molecule has 1 aliphatic rings. The van der Waals surface area contributed by atoms with Crippen molar-refractivity contribution in [3.05, 3.63) is 65.7 Å². The van der Waals surface area contributed by atoms with Crippen LogP contribution in [0, 0.1) is 6.92 Å². The molecule has 0 bridgehead atoms. The number of hydrogen-bond acceptors (Lipinski definition) is 3. The smallest absolute Gasteiger partial charge is 0.294 e. The van der Waals surface area contributed by atoms with Crippen molar-refractivity contribution < 1.29 is 13.0 Å². The fourth-order valence-corrected chi connectivity index (χ4v) is 2.44. The summed E-state index contributed by atoms with van der Waals surface area (Å²) < 4.78 is 29.6. The fraction of sp³-hybridized carbons (Fsp3) is 0.250. The van der Waals surface area contributed by atoms with Crippen molar-refractivity contribution in [2.75, 3.05) is 13.1 Å². The molecule has 112 valence electrons. The van der Waals surface area contributed by atoms with E-state index >= 15 is 0 Å². The molecule has 0 atom stereocenters. The summed E-state index contributed by atoms with van der Waals surface area (Å²) in [6.07, 6.45) is 0. The molecule has 0 saturated carbocycles. The van der Waals surface area contributed by atoms with Gasteiger partial charge in [0.25, 0.3) is 10.1 Å². The van der Waals surface area contributed by atoms with Crippen molar-refractivity contribution in [1.29, 1.82) is 0 Å². The Morgan fingerprint density at radius 3 is 2.00 bits per heavy atom. The minimum Gasteiger partial charge on any atom is -0.315 e. The van der Waals surface area contributed by atoms with Gasteiger partial charge < -0.3 is 5.32 Å². The number of rotatable bonds is 2. The quantitative estimate of drug-likeness (QED) is 0.837. The lowest BCUT2D eigenvalue weighted by Gasteiger charge is -2.27. The van der Waals surface area contributed by atoms with Gasteiger partial charge in [0, 0.05) is 19.0 Å². The van der Waals surface area contributed by atoms with Crippen LogP contribution in [0.2, 0.25) is 0 Å². The highest BCUT2D eigenvalue weighted by molar-refractivity contribution is 7.85. The second kappa shape index (κ2) is 6.85. The zero-order valence-corrected chi connectivity index (χ0v) is 12.7. The predicted molar refractivity (Wildman–Crippen MR) is 83.0 cm³/mol. The van der Waals surface area contributed by atoms with Crippen molar-refractivity contribution in [1.82, 2.24) is 5.32 Å². The molecule has 0 spiro atoms. The van der Waals surface area contributed by atoms with Crippen LogP contribution < -0.4 is 5.32 Å². The minimum absolute atomic E-state index is 0.0666. The SMILES string of the molecule is Cc1ccc(S(=O)(=O)O)cc1.c1ccc(C2CNC2)cc1. The summed E-state index contributed by atoms with van der Waals surface area (Å²) in [7, 11) is -4.02. The van der Waals surface area contributed by atoms with Crippen molar-refractivity contribution in [3.63, 3.8) is 0 Å². The number of nitrogens with one attached hydrogen (secondary N) is 1. The Morgan fingerprint density at radius 2 is 1.57 bits per heavy atom. The molecule has 1 aliphatic heterocycles. The zero-order chi connectivity index (χ0) is 15.3. The lowest BCUT2D eigenvalue weighted by Crippen LogP contribution is -2.39. The molecule has 5 heteroatoms. The fourth-order valence-electron chi connectivity index (χ4n) is 1.96. The van der Waals surface area contributed by atoms with E-state index in [4.69, 9.17) is 4.55 Å².